The monoisotopic (exact) mass is 407 g/mol. The lowest BCUT2D eigenvalue weighted by molar-refractivity contribution is 0.147. The van der Waals surface area contributed by atoms with Gasteiger partial charge >= 0.3 is 0 Å². The van der Waals surface area contributed by atoms with Crippen LogP contribution in [0.15, 0.2) is 40.9 Å². The van der Waals surface area contributed by atoms with Gasteiger partial charge in [0.2, 0.25) is 0 Å². The van der Waals surface area contributed by atoms with Crippen molar-refractivity contribution in [2.24, 2.45) is 5.73 Å². The molecule has 2 nitrogen and oxygen atoms in total. The first-order chi connectivity index (χ1) is 9.93. The summed E-state index contributed by atoms with van der Waals surface area (Å²) in [6.45, 7) is 0.231. The Hall–Kier alpha value is -0.290. The number of nitrogens with two attached hydrogens (primary N) is 1. The van der Waals surface area contributed by atoms with Gasteiger partial charge in [0.25, 0.3) is 0 Å². The van der Waals surface area contributed by atoms with E-state index in [0.29, 0.717) is 20.6 Å². The molecule has 0 aliphatic heterocycles. The Balaban J connectivity index is 2.40. The summed E-state index contributed by atoms with van der Waals surface area (Å²) >= 11 is 21.6. The molecule has 0 spiro atoms. The predicted molar refractivity (Wildman–Crippen MR) is 92.4 cm³/mol. The minimum absolute atomic E-state index is 0.231. The summed E-state index contributed by atoms with van der Waals surface area (Å²) in [5.74, 6) is -0.367. The van der Waals surface area contributed by atoms with Crippen LogP contribution in [0, 0.1) is 0 Å². The SMILES string of the molecule is NCC(c1ccc(Cl)cc1Cl)C(O)c1ccc(Br)cc1Cl. The van der Waals surface area contributed by atoms with Crippen LogP contribution in [0.25, 0.3) is 0 Å². The van der Waals surface area contributed by atoms with E-state index in [0.717, 1.165) is 10.0 Å². The second-order valence-corrected chi connectivity index (χ2v) is 6.79. The third-order valence-corrected chi connectivity index (χ3v) is 4.66. The molecular formula is C15H13BrCl3NO. The van der Waals surface area contributed by atoms with Crippen molar-refractivity contribution in [3.8, 4) is 0 Å². The van der Waals surface area contributed by atoms with Gasteiger partial charge in [-0.2, -0.15) is 0 Å². The van der Waals surface area contributed by atoms with E-state index in [1.54, 1.807) is 30.3 Å². The molecule has 0 fully saturated rings. The molecule has 6 heteroatoms. The molecule has 21 heavy (non-hydrogen) atoms. The van der Waals surface area contributed by atoms with Gasteiger partial charge in [-0.1, -0.05) is 62.9 Å². The summed E-state index contributed by atoms with van der Waals surface area (Å²) in [6.07, 6.45) is -0.853. The minimum Gasteiger partial charge on any atom is -0.388 e. The van der Waals surface area contributed by atoms with Gasteiger partial charge in [0.05, 0.1) is 6.10 Å². The van der Waals surface area contributed by atoms with E-state index in [-0.39, 0.29) is 12.5 Å². The molecule has 0 saturated heterocycles. The Morgan fingerprint density at radius 2 is 1.62 bits per heavy atom. The number of halogens is 4. The number of aliphatic hydroxyl groups is 1. The van der Waals surface area contributed by atoms with Crippen molar-refractivity contribution < 1.29 is 5.11 Å². The van der Waals surface area contributed by atoms with Gasteiger partial charge in [0.15, 0.2) is 0 Å². The van der Waals surface area contributed by atoms with Gasteiger partial charge in [-0.05, 0) is 35.4 Å². The molecule has 0 heterocycles. The first kappa shape index (κ1) is 17.1. The highest BCUT2D eigenvalue weighted by Gasteiger charge is 2.25. The Bertz CT molecular complexity index is 651. The quantitative estimate of drug-likeness (QED) is 0.730. The largest absolute Gasteiger partial charge is 0.388 e. The first-order valence-electron chi connectivity index (χ1n) is 6.22. The first-order valence-corrected chi connectivity index (χ1v) is 8.14. The van der Waals surface area contributed by atoms with E-state index < -0.39 is 6.10 Å². The van der Waals surface area contributed by atoms with Crippen LogP contribution < -0.4 is 5.73 Å². The van der Waals surface area contributed by atoms with Crippen molar-refractivity contribution in [1.82, 2.24) is 0 Å². The van der Waals surface area contributed by atoms with Gasteiger partial charge in [0, 0.05) is 32.0 Å². The van der Waals surface area contributed by atoms with Crippen molar-refractivity contribution in [2.75, 3.05) is 6.54 Å². The number of rotatable bonds is 4. The zero-order valence-electron chi connectivity index (χ0n) is 10.9. The second kappa shape index (κ2) is 7.32. The van der Waals surface area contributed by atoms with Crippen LogP contribution in [0.4, 0.5) is 0 Å². The molecule has 0 aliphatic rings. The maximum atomic E-state index is 10.6. The summed E-state index contributed by atoms with van der Waals surface area (Å²) in [5, 5.41) is 12.1. The van der Waals surface area contributed by atoms with Crippen molar-refractivity contribution in [3.63, 3.8) is 0 Å². The maximum Gasteiger partial charge on any atom is 0.0885 e. The number of hydrogen-bond acceptors (Lipinski definition) is 2. The van der Waals surface area contributed by atoms with E-state index >= 15 is 0 Å². The van der Waals surface area contributed by atoms with Crippen LogP contribution in [0.1, 0.15) is 23.1 Å². The molecule has 2 atom stereocenters. The molecule has 3 N–H and O–H groups in total. The highest BCUT2D eigenvalue weighted by molar-refractivity contribution is 9.10. The lowest BCUT2D eigenvalue weighted by atomic mass is 9.89. The van der Waals surface area contributed by atoms with Crippen molar-refractivity contribution >= 4 is 50.7 Å². The van der Waals surface area contributed by atoms with Gasteiger partial charge in [-0.15, -0.1) is 0 Å². The minimum atomic E-state index is -0.853. The van der Waals surface area contributed by atoms with Gasteiger partial charge in [-0.3, -0.25) is 0 Å². The fraction of sp³-hybridized carbons (Fsp3) is 0.200. The Kier molecular flexibility index (Phi) is 5.95. The second-order valence-electron chi connectivity index (χ2n) is 4.62. The molecule has 0 bridgehead atoms. The standard InChI is InChI=1S/C15H13BrCl3NO/c16-8-1-3-11(13(18)5-8)15(21)12(7-20)10-4-2-9(17)6-14(10)19/h1-6,12,15,21H,7,20H2. The van der Waals surface area contributed by atoms with Crippen molar-refractivity contribution in [3.05, 3.63) is 67.1 Å². The van der Waals surface area contributed by atoms with Crippen LogP contribution in [0.3, 0.4) is 0 Å². The van der Waals surface area contributed by atoms with E-state index in [1.165, 1.54) is 0 Å². The van der Waals surface area contributed by atoms with Gasteiger partial charge in [-0.25, -0.2) is 0 Å². The molecule has 2 rings (SSSR count). The average Bonchev–Trinajstić information content (AvgIpc) is 2.41. The smallest absolute Gasteiger partial charge is 0.0885 e. The van der Waals surface area contributed by atoms with Gasteiger partial charge in [0.1, 0.15) is 0 Å². The van der Waals surface area contributed by atoms with E-state index in [9.17, 15) is 5.11 Å². The van der Waals surface area contributed by atoms with Crippen molar-refractivity contribution in [2.45, 2.75) is 12.0 Å². The third-order valence-electron chi connectivity index (χ3n) is 3.28. The van der Waals surface area contributed by atoms with Gasteiger partial charge < -0.3 is 10.8 Å². The lowest BCUT2D eigenvalue weighted by Gasteiger charge is -2.24. The maximum absolute atomic E-state index is 10.6. The van der Waals surface area contributed by atoms with Crippen molar-refractivity contribution in [1.29, 1.82) is 0 Å². The molecule has 0 amide bonds. The van der Waals surface area contributed by atoms with Crippen LogP contribution in [0.2, 0.25) is 15.1 Å². The third kappa shape index (κ3) is 3.92. The predicted octanol–water partition coefficient (Wildman–Crippen LogP) is 5.19. The Morgan fingerprint density at radius 3 is 2.19 bits per heavy atom. The highest BCUT2D eigenvalue weighted by atomic mass is 79.9. The fourth-order valence-electron chi connectivity index (χ4n) is 2.19. The lowest BCUT2D eigenvalue weighted by Crippen LogP contribution is -2.20. The highest BCUT2D eigenvalue weighted by Crippen LogP contribution is 2.38. The number of aliphatic hydroxyl groups excluding tert-OH is 1. The molecule has 0 aromatic heterocycles. The Morgan fingerprint density at radius 1 is 1.00 bits per heavy atom. The molecule has 112 valence electrons. The number of benzene rings is 2. The molecule has 2 aromatic carbocycles. The zero-order chi connectivity index (χ0) is 15.6. The molecule has 0 saturated carbocycles. The summed E-state index contributed by atoms with van der Waals surface area (Å²) in [6, 6.07) is 10.5. The Labute approximate surface area is 146 Å². The van der Waals surface area contributed by atoms with E-state index in [1.807, 2.05) is 6.07 Å². The van der Waals surface area contributed by atoms with E-state index in [4.69, 9.17) is 40.5 Å². The fourth-order valence-corrected chi connectivity index (χ4v) is 3.52. The number of hydrogen-bond donors (Lipinski definition) is 2. The summed E-state index contributed by atoms with van der Waals surface area (Å²) in [4.78, 5) is 0. The molecule has 0 radical (unpaired) electrons. The molecule has 2 aromatic rings. The zero-order valence-corrected chi connectivity index (χ0v) is 14.7. The van der Waals surface area contributed by atoms with Crippen LogP contribution in [-0.2, 0) is 0 Å². The van der Waals surface area contributed by atoms with Crippen LogP contribution >= 0.6 is 50.7 Å². The molecule has 2 unspecified atom stereocenters. The van der Waals surface area contributed by atoms with E-state index in [2.05, 4.69) is 15.9 Å². The normalized spacial score (nSPS) is 14.0. The topological polar surface area (TPSA) is 46.2 Å². The summed E-state index contributed by atoms with van der Waals surface area (Å²) in [7, 11) is 0. The summed E-state index contributed by atoms with van der Waals surface area (Å²) < 4.78 is 0.845. The summed E-state index contributed by atoms with van der Waals surface area (Å²) in [5.41, 5.74) is 7.18. The van der Waals surface area contributed by atoms with Crippen LogP contribution in [-0.4, -0.2) is 11.7 Å². The molecular weight excluding hydrogens is 396 g/mol. The van der Waals surface area contributed by atoms with Crippen LogP contribution in [0.5, 0.6) is 0 Å². The molecule has 0 aliphatic carbocycles. The average molecular weight is 410 g/mol.